The first-order valence-corrected chi connectivity index (χ1v) is 7.36. The summed E-state index contributed by atoms with van der Waals surface area (Å²) in [5, 5.41) is 6.36. The number of thiol groups is 1. The maximum absolute atomic E-state index is 12.3. The second kappa shape index (κ2) is 5.20. The lowest BCUT2D eigenvalue weighted by Gasteiger charge is -2.32. The van der Waals surface area contributed by atoms with Gasteiger partial charge in [0, 0.05) is 12.6 Å². The first kappa shape index (κ1) is 13.1. The third kappa shape index (κ3) is 2.41. The Balaban J connectivity index is 1.62. The van der Waals surface area contributed by atoms with Gasteiger partial charge in [-0.2, -0.15) is 0 Å². The number of nitrogens with zero attached hydrogens (tertiary/aromatic N) is 2. The third-order valence-electron chi connectivity index (χ3n) is 4.33. The van der Waals surface area contributed by atoms with Crippen LogP contribution < -0.4 is 10.6 Å². The number of piperidine rings is 2. The average molecular weight is 284 g/mol. The predicted molar refractivity (Wildman–Crippen MR) is 73.8 cm³/mol. The molecule has 3 aliphatic heterocycles. The van der Waals surface area contributed by atoms with Crippen LogP contribution in [0.25, 0.3) is 0 Å². The first-order valence-electron chi connectivity index (χ1n) is 6.96. The molecule has 3 heterocycles. The second-order valence-electron chi connectivity index (χ2n) is 5.56. The molecule has 3 amide bonds. The zero-order valence-corrected chi connectivity index (χ0v) is 11.7. The van der Waals surface area contributed by atoms with Gasteiger partial charge in [0.1, 0.15) is 6.04 Å². The van der Waals surface area contributed by atoms with E-state index in [1.165, 1.54) is 4.31 Å². The van der Waals surface area contributed by atoms with Gasteiger partial charge in [0.2, 0.25) is 5.91 Å². The summed E-state index contributed by atoms with van der Waals surface area (Å²) < 4.78 is 1.47. The van der Waals surface area contributed by atoms with Gasteiger partial charge in [-0.25, -0.2) is 4.79 Å². The van der Waals surface area contributed by atoms with E-state index in [9.17, 15) is 9.59 Å². The van der Waals surface area contributed by atoms with Gasteiger partial charge in [0.05, 0.1) is 6.04 Å². The topological polar surface area (TPSA) is 64.7 Å². The third-order valence-corrected chi connectivity index (χ3v) is 4.83. The highest BCUT2D eigenvalue weighted by molar-refractivity contribution is 7.78. The fraction of sp³-hybridized carbons (Fsp3) is 0.833. The van der Waals surface area contributed by atoms with Crippen molar-refractivity contribution in [2.45, 2.75) is 43.8 Å². The summed E-state index contributed by atoms with van der Waals surface area (Å²) >= 11 is 4.20. The number of carbonyl (C=O) groups is 2. The maximum Gasteiger partial charge on any atom is 0.330 e. The summed E-state index contributed by atoms with van der Waals surface area (Å²) in [7, 11) is 0. The highest BCUT2D eigenvalue weighted by atomic mass is 32.1. The number of carbonyl (C=O) groups excluding carboxylic acids is 2. The number of urea groups is 1. The van der Waals surface area contributed by atoms with E-state index in [0.717, 1.165) is 38.8 Å². The lowest BCUT2D eigenvalue weighted by Crippen LogP contribution is -2.53. The Labute approximate surface area is 118 Å². The minimum Gasteiger partial charge on any atom is -0.351 e. The van der Waals surface area contributed by atoms with Crippen LogP contribution in [0, 0.1) is 0 Å². The maximum atomic E-state index is 12.3. The molecule has 3 fully saturated rings. The van der Waals surface area contributed by atoms with Crippen LogP contribution in [0.15, 0.2) is 0 Å². The van der Waals surface area contributed by atoms with Crippen molar-refractivity contribution in [1.29, 1.82) is 0 Å². The quantitative estimate of drug-likeness (QED) is 0.624. The highest BCUT2D eigenvalue weighted by Crippen LogP contribution is 2.30. The zero-order chi connectivity index (χ0) is 13.4. The molecule has 3 rings (SSSR count). The van der Waals surface area contributed by atoms with Crippen LogP contribution in [0.1, 0.15) is 25.7 Å². The molecule has 0 spiro atoms. The normalized spacial score (nSPS) is 31.7. The van der Waals surface area contributed by atoms with E-state index in [2.05, 4.69) is 23.4 Å². The van der Waals surface area contributed by atoms with Gasteiger partial charge >= 0.3 is 6.03 Å². The van der Waals surface area contributed by atoms with E-state index < -0.39 is 0 Å². The standard InChI is InChI=1S/C12H20N4O2S/c17-11(14-8-3-5-13-6-4-8)10-2-1-9-7-15(10)12(18)16(9)19/h8-10,13,19H,1-7H2,(H,14,17)/t9-,10+/m1/s1. The molecule has 2 bridgehead atoms. The molecule has 6 nitrogen and oxygen atoms in total. The number of hydrogen-bond acceptors (Lipinski definition) is 4. The lowest BCUT2D eigenvalue weighted by molar-refractivity contribution is -0.126. The van der Waals surface area contributed by atoms with Gasteiger partial charge in [0.15, 0.2) is 0 Å². The van der Waals surface area contributed by atoms with E-state index in [-0.39, 0.29) is 30.1 Å². The monoisotopic (exact) mass is 284 g/mol. The molecule has 2 N–H and O–H groups in total. The smallest absolute Gasteiger partial charge is 0.330 e. The molecule has 0 unspecified atom stereocenters. The minimum absolute atomic E-state index is 0.00216. The zero-order valence-electron chi connectivity index (χ0n) is 10.8. The summed E-state index contributed by atoms with van der Waals surface area (Å²) in [6.07, 6.45) is 3.53. The molecule has 0 aromatic rings. The van der Waals surface area contributed by atoms with Gasteiger partial charge in [-0.05, 0) is 38.8 Å². The molecule has 7 heteroatoms. The van der Waals surface area contributed by atoms with Crippen LogP contribution in [0.5, 0.6) is 0 Å². The number of nitrogens with one attached hydrogen (secondary N) is 2. The largest absolute Gasteiger partial charge is 0.351 e. The Kier molecular flexibility index (Phi) is 3.58. The van der Waals surface area contributed by atoms with E-state index in [1.807, 2.05) is 0 Å². The van der Waals surface area contributed by atoms with Gasteiger partial charge in [0.25, 0.3) is 0 Å². The Bertz CT molecular complexity index is 386. The van der Waals surface area contributed by atoms with Crippen LogP contribution in [-0.2, 0) is 4.79 Å². The molecule has 0 aromatic carbocycles. The van der Waals surface area contributed by atoms with Gasteiger partial charge in [-0.15, -0.1) is 0 Å². The van der Waals surface area contributed by atoms with Gasteiger partial charge in [-0.3, -0.25) is 9.10 Å². The SMILES string of the molecule is O=C(NC1CCNCC1)[C@@H]1CC[C@@H]2CN1C(=O)N2S. The average Bonchev–Trinajstić information content (AvgIpc) is 2.65. The molecule has 106 valence electrons. The number of hydrogen-bond donors (Lipinski definition) is 3. The molecule has 19 heavy (non-hydrogen) atoms. The molecular weight excluding hydrogens is 264 g/mol. The van der Waals surface area contributed by atoms with Crippen LogP contribution >= 0.6 is 12.8 Å². The van der Waals surface area contributed by atoms with E-state index in [1.54, 1.807) is 4.90 Å². The Morgan fingerprint density at radius 1 is 1.26 bits per heavy atom. The molecule has 2 atom stereocenters. The van der Waals surface area contributed by atoms with Crippen LogP contribution in [0.2, 0.25) is 0 Å². The molecule has 0 aliphatic carbocycles. The predicted octanol–water partition coefficient (Wildman–Crippen LogP) is -0.0320. The highest BCUT2D eigenvalue weighted by Gasteiger charge is 2.46. The lowest BCUT2D eigenvalue weighted by atomic mass is 9.99. The van der Waals surface area contributed by atoms with E-state index >= 15 is 0 Å². The molecule has 0 radical (unpaired) electrons. The Morgan fingerprint density at radius 2 is 2.00 bits per heavy atom. The molecule has 3 aliphatic rings. The van der Waals surface area contributed by atoms with Crippen molar-refractivity contribution in [3.8, 4) is 0 Å². The molecule has 3 saturated heterocycles. The molecule has 0 saturated carbocycles. The summed E-state index contributed by atoms with van der Waals surface area (Å²) in [6, 6.07) is -0.0258. The van der Waals surface area contributed by atoms with Crippen molar-refractivity contribution >= 4 is 24.8 Å². The van der Waals surface area contributed by atoms with Crippen molar-refractivity contribution in [3.63, 3.8) is 0 Å². The van der Waals surface area contributed by atoms with Crippen LogP contribution in [0.3, 0.4) is 0 Å². The number of amides is 3. The first-order chi connectivity index (χ1) is 9.16. The van der Waals surface area contributed by atoms with Crippen molar-refractivity contribution in [2.75, 3.05) is 19.6 Å². The minimum atomic E-state index is -0.309. The van der Waals surface area contributed by atoms with Crippen molar-refractivity contribution in [3.05, 3.63) is 0 Å². The fourth-order valence-corrected chi connectivity index (χ4v) is 3.49. The van der Waals surface area contributed by atoms with Gasteiger partial charge < -0.3 is 15.5 Å². The van der Waals surface area contributed by atoms with E-state index in [0.29, 0.717) is 6.54 Å². The van der Waals surface area contributed by atoms with E-state index in [4.69, 9.17) is 0 Å². The summed E-state index contributed by atoms with van der Waals surface area (Å²) in [4.78, 5) is 26.0. The number of rotatable bonds is 2. The van der Waals surface area contributed by atoms with Crippen molar-refractivity contribution in [1.82, 2.24) is 19.8 Å². The summed E-state index contributed by atoms with van der Waals surface area (Å²) in [5.41, 5.74) is 0. The van der Waals surface area contributed by atoms with Crippen molar-refractivity contribution < 1.29 is 9.59 Å². The van der Waals surface area contributed by atoms with Crippen LogP contribution in [-0.4, -0.2) is 58.9 Å². The number of fused-ring (bicyclic) bond motifs is 2. The fourth-order valence-electron chi connectivity index (χ4n) is 3.19. The Hall–Kier alpha value is -0.950. The molecular formula is C12H20N4O2S. The van der Waals surface area contributed by atoms with Crippen molar-refractivity contribution in [2.24, 2.45) is 0 Å². The summed E-state index contributed by atoms with van der Waals surface area (Å²) in [5.74, 6) is 0.00216. The Morgan fingerprint density at radius 3 is 2.74 bits per heavy atom. The molecule has 0 aromatic heterocycles. The van der Waals surface area contributed by atoms with Crippen LogP contribution in [0.4, 0.5) is 4.79 Å². The van der Waals surface area contributed by atoms with Gasteiger partial charge in [-0.1, -0.05) is 12.8 Å². The summed E-state index contributed by atoms with van der Waals surface area (Å²) in [6.45, 7) is 2.53. The second-order valence-corrected chi connectivity index (χ2v) is 5.99.